The van der Waals surface area contributed by atoms with Gasteiger partial charge in [-0.3, -0.25) is 0 Å². The van der Waals surface area contributed by atoms with Gasteiger partial charge in [-0.05, 0) is 58.8 Å². The van der Waals surface area contributed by atoms with E-state index in [1.807, 2.05) is 6.92 Å². The van der Waals surface area contributed by atoms with Gasteiger partial charge >= 0.3 is 0 Å². The van der Waals surface area contributed by atoms with E-state index in [2.05, 4.69) is 47.2 Å². The first-order valence-electron chi connectivity index (χ1n) is 7.70. The molecule has 0 amide bonds. The summed E-state index contributed by atoms with van der Waals surface area (Å²) in [4.78, 5) is 0. The standard InChI is InChI=1S/C17H26BrNO2/c1-5-21-16-13(18)9-12(10-14(16)20-4)11-19-15-7-6-8-17(15,2)3/h9-10,15,19H,5-8,11H2,1-4H3. The molecule has 0 bridgehead atoms. The first kappa shape index (κ1) is 16.6. The molecule has 0 heterocycles. The van der Waals surface area contributed by atoms with E-state index in [1.54, 1.807) is 7.11 Å². The molecule has 1 saturated carbocycles. The summed E-state index contributed by atoms with van der Waals surface area (Å²) in [5.41, 5.74) is 1.61. The maximum atomic E-state index is 5.63. The van der Waals surface area contributed by atoms with Crippen molar-refractivity contribution >= 4 is 15.9 Å². The fraction of sp³-hybridized carbons (Fsp3) is 0.647. The molecular weight excluding hydrogens is 330 g/mol. The molecule has 0 saturated heterocycles. The van der Waals surface area contributed by atoms with Gasteiger partial charge in [-0.15, -0.1) is 0 Å². The molecule has 1 aliphatic carbocycles. The lowest BCUT2D eigenvalue weighted by Gasteiger charge is -2.28. The van der Waals surface area contributed by atoms with Crippen LogP contribution in [-0.2, 0) is 6.54 Å². The van der Waals surface area contributed by atoms with E-state index in [-0.39, 0.29) is 0 Å². The summed E-state index contributed by atoms with van der Waals surface area (Å²) in [6.07, 6.45) is 3.89. The van der Waals surface area contributed by atoms with Gasteiger partial charge in [-0.1, -0.05) is 20.3 Å². The highest BCUT2D eigenvalue weighted by Gasteiger charge is 2.33. The second-order valence-corrected chi connectivity index (χ2v) is 7.21. The number of hydrogen-bond donors (Lipinski definition) is 1. The number of ether oxygens (including phenoxy) is 2. The Kier molecular flexibility index (Phi) is 5.55. The molecule has 1 aromatic rings. The van der Waals surface area contributed by atoms with Crippen LogP contribution in [0.4, 0.5) is 0 Å². The van der Waals surface area contributed by atoms with Gasteiger partial charge in [0.2, 0.25) is 0 Å². The third-order valence-corrected chi connectivity index (χ3v) is 4.98. The molecule has 1 fully saturated rings. The van der Waals surface area contributed by atoms with Crippen molar-refractivity contribution in [1.29, 1.82) is 0 Å². The molecule has 0 aliphatic heterocycles. The first-order valence-corrected chi connectivity index (χ1v) is 8.50. The first-order chi connectivity index (χ1) is 9.97. The Hall–Kier alpha value is -0.740. The fourth-order valence-electron chi connectivity index (χ4n) is 3.11. The Balaban J connectivity index is 2.08. The van der Waals surface area contributed by atoms with Crippen LogP contribution in [0.5, 0.6) is 11.5 Å². The summed E-state index contributed by atoms with van der Waals surface area (Å²) in [6, 6.07) is 4.77. The van der Waals surface area contributed by atoms with Gasteiger partial charge in [-0.2, -0.15) is 0 Å². The lowest BCUT2D eigenvalue weighted by atomic mass is 9.87. The van der Waals surface area contributed by atoms with Crippen LogP contribution < -0.4 is 14.8 Å². The lowest BCUT2D eigenvalue weighted by molar-refractivity contribution is 0.282. The molecule has 0 aromatic heterocycles. The van der Waals surface area contributed by atoms with Gasteiger partial charge in [0.25, 0.3) is 0 Å². The smallest absolute Gasteiger partial charge is 0.175 e. The maximum Gasteiger partial charge on any atom is 0.175 e. The maximum absolute atomic E-state index is 5.63. The zero-order valence-corrected chi connectivity index (χ0v) is 15.0. The number of nitrogens with one attached hydrogen (secondary N) is 1. The van der Waals surface area contributed by atoms with Crippen LogP contribution in [0, 0.1) is 5.41 Å². The SMILES string of the molecule is CCOc1c(Br)cc(CNC2CCCC2(C)C)cc1OC. The van der Waals surface area contributed by atoms with Gasteiger partial charge in [-0.25, -0.2) is 0 Å². The highest BCUT2D eigenvalue weighted by atomic mass is 79.9. The Morgan fingerprint density at radius 2 is 2.14 bits per heavy atom. The molecule has 118 valence electrons. The van der Waals surface area contributed by atoms with Crippen molar-refractivity contribution in [2.45, 2.75) is 52.6 Å². The number of halogens is 1. The van der Waals surface area contributed by atoms with Crippen LogP contribution in [0.15, 0.2) is 16.6 Å². The summed E-state index contributed by atoms with van der Waals surface area (Å²) in [5.74, 6) is 1.57. The molecule has 21 heavy (non-hydrogen) atoms. The van der Waals surface area contributed by atoms with Crippen molar-refractivity contribution in [3.63, 3.8) is 0 Å². The van der Waals surface area contributed by atoms with Gasteiger partial charge in [0, 0.05) is 12.6 Å². The summed E-state index contributed by atoms with van der Waals surface area (Å²) < 4.78 is 12.0. The largest absolute Gasteiger partial charge is 0.493 e. The van der Waals surface area contributed by atoms with Crippen molar-refractivity contribution in [2.75, 3.05) is 13.7 Å². The summed E-state index contributed by atoms with van der Waals surface area (Å²) in [5, 5.41) is 3.70. The Bertz CT molecular complexity index is 488. The van der Waals surface area contributed by atoms with Crippen molar-refractivity contribution in [3.8, 4) is 11.5 Å². The van der Waals surface area contributed by atoms with Crippen LogP contribution in [0.1, 0.15) is 45.6 Å². The molecule has 3 nitrogen and oxygen atoms in total. The van der Waals surface area contributed by atoms with E-state index >= 15 is 0 Å². The topological polar surface area (TPSA) is 30.5 Å². The Labute approximate surface area is 136 Å². The minimum atomic E-state index is 0.395. The normalized spacial score (nSPS) is 20.5. The Morgan fingerprint density at radius 1 is 1.38 bits per heavy atom. The monoisotopic (exact) mass is 355 g/mol. The number of rotatable bonds is 6. The van der Waals surface area contributed by atoms with Crippen molar-refractivity contribution in [1.82, 2.24) is 5.32 Å². The predicted octanol–water partition coefficient (Wildman–Crippen LogP) is 4.52. The zero-order chi connectivity index (χ0) is 15.5. The van der Waals surface area contributed by atoms with E-state index in [4.69, 9.17) is 9.47 Å². The zero-order valence-electron chi connectivity index (χ0n) is 13.5. The van der Waals surface area contributed by atoms with Crippen LogP contribution in [0.25, 0.3) is 0 Å². The number of hydrogen-bond acceptors (Lipinski definition) is 3. The van der Waals surface area contributed by atoms with Crippen molar-refractivity contribution in [3.05, 3.63) is 22.2 Å². The van der Waals surface area contributed by atoms with Crippen LogP contribution in [0.3, 0.4) is 0 Å². The average Bonchev–Trinajstić information content (AvgIpc) is 2.78. The third-order valence-electron chi connectivity index (χ3n) is 4.39. The van der Waals surface area contributed by atoms with Crippen LogP contribution in [-0.4, -0.2) is 19.8 Å². The average molecular weight is 356 g/mol. The second-order valence-electron chi connectivity index (χ2n) is 6.36. The molecule has 2 rings (SSSR count). The summed E-state index contributed by atoms with van der Waals surface area (Å²) in [7, 11) is 1.68. The lowest BCUT2D eigenvalue weighted by Crippen LogP contribution is -2.37. The van der Waals surface area contributed by atoms with E-state index in [0.29, 0.717) is 18.1 Å². The molecule has 1 aromatic carbocycles. The predicted molar refractivity (Wildman–Crippen MR) is 90.1 cm³/mol. The van der Waals surface area contributed by atoms with Crippen molar-refractivity contribution < 1.29 is 9.47 Å². The van der Waals surface area contributed by atoms with Crippen molar-refractivity contribution in [2.24, 2.45) is 5.41 Å². The summed E-state index contributed by atoms with van der Waals surface area (Å²) >= 11 is 3.58. The fourth-order valence-corrected chi connectivity index (χ4v) is 3.71. The molecule has 1 N–H and O–H groups in total. The Morgan fingerprint density at radius 3 is 2.71 bits per heavy atom. The molecule has 0 radical (unpaired) electrons. The molecular formula is C17H26BrNO2. The number of methoxy groups -OCH3 is 1. The van der Waals surface area contributed by atoms with Crippen LogP contribution in [0.2, 0.25) is 0 Å². The minimum absolute atomic E-state index is 0.395. The quantitative estimate of drug-likeness (QED) is 0.813. The third kappa shape index (κ3) is 3.92. The number of benzene rings is 1. The van der Waals surface area contributed by atoms with Crippen LogP contribution >= 0.6 is 15.9 Å². The van der Waals surface area contributed by atoms with Gasteiger partial charge in [0.1, 0.15) is 0 Å². The summed E-state index contributed by atoms with van der Waals surface area (Å²) in [6.45, 7) is 8.17. The van der Waals surface area contributed by atoms with E-state index in [0.717, 1.165) is 22.5 Å². The molecule has 1 atom stereocenters. The molecule has 1 aliphatic rings. The molecule has 1 unspecified atom stereocenters. The molecule has 0 spiro atoms. The highest BCUT2D eigenvalue weighted by molar-refractivity contribution is 9.10. The van der Waals surface area contributed by atoms with Gasteiger partial charge < -0.3 is 14.8 Å². The van der Waals surface area contributed by atoms with Gasteiger partial charge in [0.05, 0.1) is 18.2 Å². The van der Waals surface area contributed by atoms with E-state index < -0.39 is 0 Å². The minimum Gasteiger partial charge on any atom is -0.493 e. The van der Waals surface area contributed by atoms with E-state index in [9.17, 15) is 0 Å². The second kappa shape index (κ2) is 7.01. The highest BCUT2D eigenvalue weighted by Crippen LogP contribution is 2.39. The molecule has 4 heteroatoms. The van der Waals surface area contributed by atoms with Gasteiger partial charge in [0.15, 0.2) is 11.5 Å². The van der Waals surface area contributed by atoms with E-state index in [1.165, 1.54) is 24.8 Å².